The van der Waals surface area contributed by atoms with Crippen LogP contribution in [0.3, 0.4) is 0 Å². The number of hydrogen-bond acceptors (Lipinski definition) is 4. The van der Waals surface area contributed by atoms with Gasteiger partial charge in [0, 0.05) is 32.7 Å². The van der Waals surface area contributed by atoms with Crippen molar-refractivity contribution in [2.45, 2.75) is 44.4 Å². The summed E-state index contributed by atoms with van der Waals surface area (Å²) >= 11 is 0. The highest BCUT2D eigenvalue weighted by Gasteiger charge is 2.41. The molecule has 2 amide bonds. The third kappa shape index (κ3) is 3.21. The van der Waals surface area contributed by atoms with E-state index in [1.807, 2.05) is 6.92 Å². The molecule has 0 aromatic rings. The lowest BCUT2D eigenvalue weighted by Gasteiger charge is -2.36. The van der Waals surface area contributed by atoms with Crippen LogP contribution >= 0.6 is 0 Å². The molecule has 2 N–H and O–H groups in total. The molecule has 2 aliphatic heterocycles. The first kappa shape index (κ1) is 15.1. The minimum Gasteiger partial charge on any atom is -0.480 e. The first-order valence-electron chi connectivity index (χ1n) is 7.11. The zero-order valence-electron chi connectivity index (χ0n) is 11.7. The monoisotopic (exact) mass is 286 g/mol. The lowest BCUT2D eigenvalue weighted by Crippen LogP contribution is -2.52. The van der Waals surface area contributed by atoms with Gasteiger partial charge in [-0.2, -0.15) is 0 Å². The number of ether oxygens (including phenoxy) is 1. The van der Waals surface area contributed by atoms with Gasteiger partial charge in [-0.15, -0.1) is 0 Å². The first-order valence-corrected chi connectivity index (χ1v) is 7.11. The van der Waals surface area contributed by atoms with Crippen molar-refractivity contribution in [3.8, 4) is 0 Å². The Bertz CT molecular complexity index is 374. The van der Waals surface area contributed by atoms with Crippen molar-refractivity contribution in [1.29, 1.82) is 0 Å². The fourth-order valence-electron chi connectivity index (χ4n) is 2.92. The molecule has 3 atom stereocenters. The van der Waals surface area contributed by atoms with Crippen LogP contribution in [0.1, 0.15) is 26.2 Å². The van der Waals surface area contributed by atoms with Crippen LogP contribution in [0.4, 0.5) is 4.79 Å². The zero-order chi connectivity index (χ0) is 14.7. The summed E-state index contributed by atoms with van der Waals surface area (Å²) in [5.41, 5.74) is 0. The second-order valence-electron chi connectivity index (χ2n) is 5.34. The molecule has 0 saturated carbocycles. The number of β-amino-alcohol motifs (C(OH)–C–C–N with tert-alkyl or cyclic N) is 1. The maximum atomic E-state index is 12.4. The number of carbonyl (C=O) groups is 2. The van der Waals surface area contributed by atoms with Crippen LogP contribution in [-0.4, -0.2) is 76.5 Å². The highest BCUT2D eigenvalue weighted by molar-refractivity contribution is 5.83. The molecular formula is C13H22N2O5. The first-order chi connectivity index (χ1) is 9.52. The largest absolute Gasteiger partial charge is 0.480 e. The molecule has 114 valence electrons. The summed E-state index contributed by atoms with van der Waals surface area (Å²) in [6.07, 6.45) is 1.14. The Balaban J connectivity index is 2.00. The molecule has 7 heteroatoms. The van der Waals surface area contributed by atoms with Crippen LogP contribution in [0, 0.1) is 0 Å². The Morgan fingerprint density at radius 2 is 2.10 bits per heavy atom. The van der Waals surface area contributed by atoms with Crippen LogP contribution < -0.4 is 0 Å². The third-order valence-electron chi connectivity index (χ3n) is 3.86. The number of amides is 2. The van der Waals surface area contributed by atoms with Crippen molar-refractivity contribution in [3.05, 3.63) is 0 Å². The van der Waals surface area contributed by atoms with Gasteiger partial charge in [-0.1, -0.05) is 0 Å². The highest BCUT2D eigenvalue weighted by Crippen LogP contribution is 2.22. The van der Waals surface area contributed by atoms with E-state index in [1.54, 1.807) is 4.90 Å². The fourth-order valence-corrected chi connectivity index (χ4v) is 2.92. The molecule has 7 nitrogen and oxygen atoms in total. The quantitative estimate of drug-likeness (QED) is 0.769. The van der Waals surface area contributed by atoms with Crippen molar-refractivity contribution >= 4 is 12.0 Å². The van der Waals surface area contributed by atoms with E-state index in [-0.39, 0.29) is 25.1 Å². The highest BCUT2D eigenvalue weighted by atomic mass is 16.5. The van der Waals surface area contributed by atoms with Crippen LogP contribution in [0.25, 0.3) is 0 Å². The summed E-state index contributed by atoms with van der Waals surface area (Å²) < 4.78 is 5.54. The number of aliphatic hydroxyl groups is 1. The second-order valence-corrected chi connectivity index (χ2v) is 5.34. The van der Waals surface area contributed by atoms with E-state index in [9.17, 15) is 14.7 Å². The summed E-state index contributed by atoms with van der Waals surface area (Å²) in [7, 11) is 0. The number of urea groups is 1. The van der Waals surface area contributed by atoms with Crippen molar-refractivity contribution in [3.63, 3.8) is 0 Å². The molecule has 1 unspecified atom stereocenters. The Labute approximate surface area is 118 Å². The topological polar surface area (TPSA) is 90.3 Å². The van der Waals surface area contributed by atoms with E-state index in [1.165, 1.54) is 4.90 Å². The predicted octanol–water partition coefficient (Wildman–Crippen LogP) is 0.127. The minimum atomic E-state index is -1.06. The van der Waals surface area contributed by atoms with Crippen LogP contribution in [0.15, 0.2) is 0 Å². The Hall–Kier alpha value is -1.34. The Morgan fingerprint density at radius 3 is 2.75 bits per heavy atom. The molecule has 0 bridgehead atoms. The number of nitrogens with zero attached hydrogens (tertiary/aromatic N) is 2. The molecule has 2 rings (SSSR count). The van der Waals surface area contributed by atoms with Gasteiger partial charge in [-0.05, 0) is 19.8 Å². The third-order valence-corrected chi connectivity index (χ3v) is 3.86. The van der Waals surface area contributed by atoms with Gasteiger partial charge in [0.25, 0.3) is 0 Å². The minimum absolute atomic E-state index is 0.0218. The molecule has 0 aromatic carbocycles. The second kappa shape index (κ2) is 6.41. The number of piperidine rings is 1. The average Bonchev–Trinajstić information content (AvgIpc) is 2.81. The fraction of sp³-hybridized carbons (Fsp3) is 0.846. The number of hydrogen-bond donors (Lipinski definition) is 2. The van der Waals surface area contributed by atoms with Crippen molar-refractivity contribution in [2.24, 2.45) is 0 Å². The van der Waals surface area contributed by atoms with Crippen LogP contribution in [-0.2, 0) is 9.53 Å². The summed E-state index contributed by atoms with van der Waals surface area (Å²) in [5.74, 6) is -1.06. The SMILES string of the molecule is CCOC1CCCN(C(=O)N2C[C@@H](O)C[C@H]2C(=O)O)C1. The molecule has 20 heavy (non-hydrogen) atoms. The maximum Gasteiger partial charge on any atom is 0.326 e. The van der Waals surface area contributed by atoms with Gasteiger partial charge in [0.2, 0.25) is 0 Å². The summed E-state index contributed by atoms with van der Waals surface area (Å²) in [6, 6.07) is -1.23. The number of rotatable bonds is 3. The molecule has 0 aromatic heterocycles. The van der Waals surface area contributed by atoms with Gasteiger partial charge >= 0.3 is 12.0 Å². The molecule has 2 heterocycles. The van der Waals surface area contributed by atoms with Gasteiger partial charge in [0.15, 0.2) is 0 Å². The standard InChI is InChI=1S/C13H22N2O5/c1-2-20-10-4-3-5-14(8-10)13(19)15-7-9(16)6-11(15)12(17)18/h9-11,16H,2-8H2,1H3,(H,17,18)/t9-,10?,11-/m0/s1. The van der Waals surface area contributed by atoms with Crippen molar-refractivity contribution < 1.29 is 24.5 Å². The maximum absolute atomic E-state index is 12.4. The van der Waals surface area contributed by atoms with E-state index in [4.69, 9.17) is 9.84 Å². The molecule has 0 radical (unpaired) electrons. The molecule has 2 aliphatic rings. The molecular weight excluding hydrogens is 264 g/mol. The van der Waals surface area contributed by atoms with Crippen molar-refractivity contribution in [2.75, 3.05) is 26.2 Å². The van der Waals surface area contributed by atoms with Gasteiger partial charge < -0.3 is 24.7 Å². The number of likely N-dealkylation sites (tertiary alicyclic amines) is 2. The number of carbonyl (C=O) groups excluding carboxylic acids is 1. The van der Waals surface area contributed by atoms with E-state index < -0.39 is 18.1 Å². The Morgan fingerprint density at radius 1 is 1.35 bits per heavy atom. The van der Waals surface area contributed by atoms with Gasteiger partial charge in [-0.25, -0.2) is 9.59 Å². The number of carboxylic acid groups (broad SMARTS) is 1. The predicted molar refractivity (Wildman–Crippen MR) is 70.4 cm³/mol. The smallest absolute Gasteiger partial charge is 0.326 e. The molecule has 2 saturated heterocycles. The molecule has 2 fully saturated rings. The van der Waals surface area contributed by atoms with Gasteiger partial charge in [-0.3, -0.25) is 0 Å². The molecule has 0 spiro atoms. The van der Waals surface area contributed by atoms with E-state index in [0.29, 0.717) is 19.7 Å². The molecule has 0 aliphatic carbocycles. The number of aliphatic hydroxyl groups excluding tert-OH is 1. The van der Waals surface area contributed by atoms with Gasteiger partial charge in [0.05, 0.1) is 12.2 Å². The Kier molecular flexibility index (Phi) is 4.82. The normalized spacial score (nSPS) is 30.6. The summed E-state index contributed by atoms with van der Waals surface area (Å²) in [4.78, 5) is 26.5. The van der Waals surface area contributed by atoms with E-state index in [2.05, 4.69) is 0 Å². The van der Waals surface area contributed by atoms with E-state index >= 15 is 0 Å². The lowest BCUT2D eigenvalue weighted by atomic mass is 10.1. The zero-order valence-corrected chi connectivity index (χ0v) is 11.7. The van der Waals surface area contributed by atoms with Crippen LogP contribution in [0.5, 0.6) is 0 Å². The van der Waals surface area contributed by atoms with Crippen LogP contribution in [0.2, 0.25) is 0 Å². The van der Waals surface area contributed by atoms with E-state index in [0.717, 1.165) is 12.8 Å². The van der Waals surface area contributed by atoms with Gasteiger partial charge in [0.1, 0.15) is 6.04 Å². The number of carboxylic acids is 1. The summed E-state index contributed by atoms with van der Waals surface area (Å²) in [5, 5.41) is 18.7. The number of aliphatic carboxylic acids is 1. The van der Waals surface area contributed by atoms with Crippen molar-refractivity contribution in [1.82, 2.24) is 9.80 Å². The average molecular weight is 286 g/mol. The lowest BCUT2D eigenvalue weighted by molar-refractivity contribution is -0.141. The summed E-state index contributed by atoms with van der Waals surface area (Å²) in [6.45, 7) is 3.71.